The summed E-state index contributed by atoms with van der Waals surface area (Å²) in [5.41, 5.74) is 5.00. The number of hydrogen-bond acceptors (Lipinski definition) is 5. The smallest absolute Gasteiger partial charge is 0.257 e. The molecule has 2 heterocycles. The van der Waals surface area contributed by atoms with Crippen molar-refractivity contribution in [2.24, 2.45) is 9.98 Å². The predicted molar refractivity (Wildman–Crippen MR) is 152 cm³/mol. The van der Waals surface area contributed by atoms with Crippen LogP contribution in [-0.2, 0) is 4.79 Å². The lowest BCUT2D eigenvalue weighted by molar-refractivity contribution is -0.113. The number of aromatic nitrogens is 1. The average molecular weight is 515 g/mol. The van der Waals surface area contributed by atoms with E-state index in [9.17, 15) is 4.79 Å². The van der Waals surface area contributed by atoms with E-state index >= 15 is 0 Å². The Balaban J connectivity index is 1.67. The first-order valence-corrected chi connectivity index (χ1v) is 12.6. The first-order chi connectivity index (χ1) is 17.7. The Hall–Kier alpha value is -3.97. The van der Waals surface area contributed by atoms with E-state index in [2.05, 4.69) is 40.8 Å². The Kier molecular flexibility index (Phi) is 8.04. The number of carbonyl (C=O) groups excluding carboxylic acids is 1. The quantitative estimate of drug-likeness (QED) is 0.264. The zero-order valence-corrected chi connectivity index (χ0v) is 22.4. The van der Waals surface area contributed by atoms with Gasteiger partial charge in [0.05, 0.1) is 5.57 Å². The fourth-order valence-corrected chi connectivity index (χ4v) is 4.46. The van der Waals surface area contributed by atoms with E-state index in [0.29, 0.717) is 39.8 Å². The number of aryl methyl sites for hydroxylation is 1. The number of nitrogens with zero attached hydrogens (tertiary/aromatic N) is 3. The van der Waals surface area contributed by atoms with Crippen molar-refractivity contribution in [3.8, 4) is 0 Å². The number of pyridine rings is 1. The summed E-state index contributed by atoms with van der Waals surface area (Å²) < 4.78 is 0. The van der Waals surface area contributed by atoms with E-state index in [-0.39, 0.29) is 5.91 Å². The SMILES string of the molecule is CC1=C(C(=O)Nc2cc(C)ccn2)C(c2ccccc2Cl)N=C(/N=C(/C)Nc2ccccc2C(C)C)N1. The number of rotatable bonds is 5. The third kappa shape index (κ3) is 6.24. The molecule has 2 aromatic carbocycles. The minimum atomic E-state index is -0.644. The highest BCUT2D eigenvalue weighted by atomic mass is 35.5. The van der Waals surface area contributed by atoms with Crippen molar-refractivity contribution >= 4 is 40.8 Å². The number of aliphatic imine (C=N–C) groups is 2. The Morgan fingerprint density at radius 2 is 1.78 bits per heavy atom. The van der Waals surface area contributed by atoms with Crippen LogP contribution in [0.1, 0.15) is 56.3 Å². The Morgan fingerprint density at radius 3 is 2.51 bits per heavy atom. The van der Waals surface area contributed by atoms with Crippen LogP contribution in [0.3, 0.4) is 0 Å². The minimum absolute atomic E-state index is 0.305. The van der Waals surface area contributed by atoms with Crippen molar-refractivity contribution in [3.63, 3.8) is 0 Å². The van der Waals surface area contributed by atoms with Crippen molar-refractivity contribution in [1.29, 1.82) is 0 Å². The highest BCUT2D eigenvalue weighted by Crippen LogP contribution is 2.35. The number of amidine groups is 1. The van der Waals surface area contributed by atoms with Crippen molar-refractivity contribution in [2.45, 2.75) is 46.6 Å². The van der Waals surface area contributed by atoms with Crippen LogP contribution in [0.2, 0.25) is 5.02 Å². The summed E-state index contributed by atoms with van der Waals surface area (Å²) in [4.78, 5) is 27.2. The van der Waals surface area contributed by atoms with Gasteiger partial charge in [-0.1, -0.05) is 61.8 Å². The van der Waals surface area contributed by atoms with Crippen LogP contribution in [0, 0.1) is 6.92 Å². The normalized spacial score (nSPS) is 15.8. The first kappa shape index (κ1) is 26.1. The molecule has 8 heteroatoms. The summed E-state index contributed by atoms with van der Waals surface area (Å²) in [6.07, 6.45) is 1.66. The van der Waals surface area contributed by atoms with Crippen LogP contribution in [0.4, 0.5) is 11.5 Å². The zero-order valence-electron chi connectivity index (χ0n) is 21.6. The minimum Gasteiger partial charge on any atom is -0.344 e. The molecule has 0 bridgehead atoms. The van der Waals surface area contributed by atoms with Gasteiger partial charge in [0.15, 0.2) is 0 Å². The van der Waals surface area contributed by atoms with E-state index < -0.39 is 6.04 Å². The Bertz CT molecular complexity index is 1410. The predicted octanol–water partition coefficient (Wildman–Crippen LogP) is 6.61. The second kappa shape index (κ2) is 11.4. The van der Waals surface area contributed by atoms with Crippen LogP contribution >= 0.6 is 11.6 Å². The van der Waals surface area contributed by atoms with Crippen LogP contribution in [0.5, 0.6) is 0 Å². The third-order valence-corrected chi connectivity index (χ3v) is 6.35. The van der Waals surface area contributed by atoms with Crippen LogP contribution in [0.25, 0.3) is 0 Å². The van der Waals surface area contributed by atoms with E-state index in [4.69, 9.17) is 21.6 Å². The number of anilines is 2. The topological polar surface area (TPSA) is 90.8 Å². The molecule has 7 nitrogen and oxygen atoms in total. The molecule has 1 aliphatic rings. The molecule has 1 aliphatic heterocycles. The van der Waals surface area contributed by atoms with Gasteiger partial charge in [0, 0.05) is 28.2 Å². The number of guanidine groups is 1. The second-order valence-electron chi connectivity index (χ2n) is 9.28. The van der Waals surface area contributed by atoms with E-state index in [1.54, 1.807) is 12.3 Å². The molecule has 37 heavy (non-hydrogen) atoms. The van der Waals surface area contributed by atoms with Gasteiger partial charge in [-0.05, 0) is 62.1 Å². The maximum atomic E-state index is 13.4. The number of para-hydroxylation sites is 1. The molecule has 0 radical (unpaired) electrons. The third-order valence-electron chi connectivity index (χ3n) is 6.00. The largest absolute Gasteiger partial charge is 0.344 e. The molecule has 0 saturated heterocycles. The summed E-state index contributed by atoms with van der Waals surface area (Å²) in [6.45, 7) is 9.98. The molecule has 4 rings (SSSR count). The van der Waals surface area contributed by atoms with Gasteiger partial charge in [-0.25, -0.2) is 15.0 Å². The molecule has 3 N–H and O–H groups in total. The first-order valence-electron chi connectivity index (χ1n) is 12.2. The number of amides is 1. The van der Waals surface area contributed by atoms with Crippen LogP contribution in [0.15, 0.2) is 88.1 Å². The Morgan fingerprint density at radius 1 is 1.05 bits per heavy atom. The molecule has 0 aliphatic carbocycles. The van der Waals surface area contributed by atoms with E-state index in [1.807, 2.05) is 69.3 Å². The zero-order chi connectivity index (χ0) is 26.5. The number of nitrogens with one attached hydrogen (secondary N) is 3. The molecular formula is C29H31ClN6O. The number of halogens is 1. The molecule has 0 saturated carbocycles. The summed E-state index contributed by atoms with van der Waals surface area (Å²) in [5.74, 6) is 1.59. The molecule has 190 valence electrons. The summed E-state index contributed by atoms with van der Waals surface area (Å²) in [6, 6.07) is 18.6. The fraction of sp³-hybridized carbons (Fsp3) is 0.241. The lowest BCUT2D eigenvalue weighted by atomic mass is 9.95. The maximum Gasteiger partial charge on any atom is 0.257 e. The van der Waals surface area contributed by atoms with Gasteiger partial charge in [0.25, 0.3) is 5.91 Å². The maximum absolute atomic E-state index is 13.4. The van der Waals surface area contributed by atoms with Crippen molar-refractivity contribution in [3.05, 3.63) is 99.8 Å². The monoisotopic (exact) mass is 514 g/mol. The standard InChI is InChI=1S/C29H31ClN6O/c1-17(2)21-10-7-9-13-24(21)33-20(5)34-29-32-19(4)26(27(36-29)22-11-6-8-12-23(22)30)28(37)35-25-16-18(3)14-15-31-25/h6-17,27H,1-5H3,(H,31,35,37)(H2,32,33,34,36). The van der Waals surface area contributed by atoms with E-state index in [1.165, 1.54) is 5.56 Å². The lowest BCUT2D eigenvalue weighted by Crippen LogP contribution is -2.33. The number of carbonyl (C=O) groups is 1. The summed E-state index contributed by atoms with van der Waals surface area (Å²) in [7, 11) is 0. The molecule has 1 amide bonds. The van der Waals surface area contributed by atoms with Crippen molar-refractivity contribution in [1.82, 2.24) is 10.3 Å². The fourth-order valence-electron chi connectivity index (χ4n) is 4.22. The lowest BCUT2D eigenvalue weighted by Gasteiger charge is -2.26. The van der Waals surface area contributed by atoms with Gasteiger partial charge < -0.3 is 16.0 Å². The van der Waals surface area contributed by atoms with Gasteiger partial charge in [-0.3, -0.25) is 4.79 Å². The average Bonchev–Trinajstić information content (AvgIpc) is 2.84. The van der Waals surface area contributed by atoms with Crippen LogP contribution < -0.4 is 16.0 Å². The second-order valence-corrected chi connectivity index (χ2v) is 9.68. The highest BCUT2D eigenvalue weighted by molar-refractivity contribution is 6.31. The van der Waals surface area contributed by atoms with Gasteiger partial charge in [-0.2, -0.15) is 0 Å². The molecule has 1 unspecified atom stereocenters. The van der Waals surface area contributed by atoms with Crippen molar-refractivity contribution in [2.75, 3.05) is 10.6 Å². The highest BCUT2D eigenvalue weighted by Gasteiger charge is 2.31. The molecular weight excluding hydrogens is 484 g/mol. The van der Waals surface area contributed by atoms with Crippen molar-refractivity contribution < 1.29 is 4.79 Å². The van der Waals surface area contributed by atoms with E-state index in [0.717, 1.165) is 16.8 Å². The summed E-state index contributed by atoms with van der Waals surface area (Å²) >= 11 is 6.56. The number of benzene rings is 2. The molecule has 0 fully saturated rings. The molecule has 3 aromatic rings. The van der Waals surface area contributed by atoms with Crippen LogP contribution in [-0.4, -0.2) is 22.7 Å². The number of hydrogen-bond donors (Lipinski definition) is 3. The summed E-state index contributed by atoms with van der Waals surface area (Å²) in [5, 5.41) is 10.0. The molecule has 1 atom stereocenters. The van der Waals surface area contributed by atoms with Gasteiger partial charge in [0.2, 0.25) is 5.96 Å². The molecule has 0 spiro atoms. The Labute approximate surface area is 222 Å². The molecule has 1 aromatic heterocycles. The van der Waals surface area contributed by atoms with Gasteiger partial charge >= 0.3 is 0 Å². The van der Waals surface area contributed by atoms with Gasteiger partial charge in [0.1, 0.15) is 17.7 Å². The van der Waals surface area contributed by atoms with Gasteiger partial charge in [-0.15, -0.1) is 0 Å². The number of allylic oxidation sites excluding steroid dienone is 1.